The Kier molecular flexibility index (Phi) is 3.20. The third kappa shape index (κ3) is 2.30. The highest BCUT2D eigenvalue weighted by molar-refractivity contribution is 6.30. The first-order valence-corrected chi connectivity index (χ1v) is 7.51. The molecule has 0 bridgehead atoms. The minimum absolute atomic E-state index is 0.301. The molecule has 0 spiro atoms. The fourth-order valence-electron chi connectivity index (χ4n) is 2.45. The van der Waals surface area contributed by atoms with Gasteiger partial charge in [-0.3, -0.25) is 0 Å². The van der Waals surface area contributed by atoms with E-state index < -0.39 is 0 Å². The van der Waals surface area contributed by atoms with Crippen LogP contribution in [0.25, 0.3) is 22.8 Å². The first-order chi connectivity index (χ1) is 10.8. The average molecular weight is 316 g/mol. The molecule has 0 saturated heterocycles. The highest BCUT2D eigenvalue weighted by atomic mass is 35.5. The van der Waals surface area contributed by atoms with Crippen molar-refractivity contribution in [3.05, 3.63) is 40.7 Å². The molecular weight excluding hydrogens is 302 g/mol. The molecule has 3 N–H and O–H groups in total. The van der Waals surface area contributed by atoms with Gasteiger partial charge in [-0.15, -0.1) is 0 Å². The van der Waals surface area contributed by atoms with Crippen LogP contribution >= 0.6 is 11.6 Å². The lowest BCUT2D eigenvalue weighted by Gasteiger charge is -1.96. The minimum atomic E-state index is 0.301. The summed E-state index contributed by atoms with van der Waals surface area (Å²) in [6, 6.07) is 7.45. The Labute approximate surface area is 131 Å². The Morgan fingerprint density at radius 1 is 1.27 bits per heavy atom. The third-order valence-electron chi connectivity index (χ3n) is 3.71. The molecule has 1 aliphatic rings. The number of oxazole rings is 1. The number of rotatable bonds is 4. The van der Waals surface area contributed by atoms with Gasteiger partial charge in [-0.1, -0.05) is 17.7 Å². The van der Waals surface area contributed by atoms with Crippen LogP contribution in [0.15, 0.2) is 28.7 Å². The maximum absolute atomic E-state index is 6.05. The number of H-pyrrole nitrogens is 1. The molecule has 2 heterocycles. The monoisotopic (exact) mass is 315 g/mol. The van der Waals surface area contributed by atoms with E-state index in [1.54, 1.807) is 0 Å². The number of aromatic amines is 1. The summed E-state index contributed by atoms with van der Waals surface area (Å²) in [7, 11) is 0. The summed E-state index contributed by atoms with van der Waals surface area (Å²) in [5.74, 6) is 1.81. The van der Waals surface area contributed by atoms with E-state index in [0.717, 1.165) is 29.9 Å². The zero-order chi connectivity index (χ0) is 15.1. The summed E-state index contributed by atoms with van der Waals surface area (Å²) in [6.45, 7) is 0.301. The summed E-state index contributed by atoms with van der Waals surface area (Å²) < 4.78 is 6.01. The van der Waals surface area contributed by atoms with Crippen molar-refractivity contribution in [2.45, 2.75) is 25.3 Å². The van der Waals surface area contributed by atoms with E-state index in [1.165, 1.54) is 0 Å². The second-order valence-corrected chi connectivity index (χ2v) is 5.78. The van der Waals surface area contributed by atoms with Crippen molar-refractivity contribution in [1.29, 1.82) is 0 Å². The summed E-state index contributed by atoms with van der Waals surface area (Å²) in [5, 5.41) is 11.5. The molecule has 0 amide bonds. The molecule has 0 atom stereocenters. The lowest BCUT2D eigenvalue weighted by atomic mass is 10.1. The molecular formula is C15H14ClN5O. The predicted molar refractivity (Wildman–Crippen MR) is 82.2 cm³/mol. The smallest absolute Gasteiger partial charge is 0.226 e. The highest BCUT2D eigenvalue weighted by Gasteiger charge is 2.33. The van der Waals surface area contributed by atoms with Crippen LogP contribution < -0.4 is 5.73 Å². The van der Waals surface area contributed by atoms with Crippen LogP contribution in [0.5, 0.6) is 0 Å². The van der Waals surface area contributed by atoms with Gasteiger partial charge in [-0.05, 0) is 31.0 Å². The number of halogens is 1. The molecule has 4 rings (SSSR count). The van der Waals surface area contributed by atoms with Crippen molar-refractivity contribution in [3.8, 4) is 22.8 Å². The lowest BCUT2D eigenvalue weighted by molar-refractivity contribution is 0.521. The molecule has 2 aromatic heterocycles. The van der Waals surface area contributed by atoms with Gasteiger partial charge in [0.15, 0.2) is 0 Å². The number of aromatic nitrogens is 4. The summed E-state index contributed by atoms with van der Waals surface area (Å²) >= 11 is 6.05. The van der Waals surface area contributed by atoms with Crippen LogP contribution in [0.1, 0.15) is 30.2 Å². The van der Waals surface area contributed by atoms with E-state index >= 15 is 0 Å². The Hall–Kier alpha value is -2.18. The number of nitrogens with two attached hydrogens (primary N) is 1. The van der Waals surface area contributed by atoms with Gasteiger partial charge < -0.3 is 10.2 Å². The van der Waals surface area contributed by atoms with Crippen LogP contribution in [-0.4, -0.2) is 20.4 Å². The Morgan fingerprint density at radius 3 is 2.86 bits per heavy atom. The lowest BCUT2D eigenvalue weighted by Crippen LogP contribution is -1.99. The number of nitrogens with one attached hydrogen (secondary N) is 1. The molecule has 112 valence electrons. The summed E-state index contributed by atoms with van der Waals surface area (Å²) in [5.41, 5.74) is 8.64. The number of hydrogen-bond donors (Lipinski definition) is 2. The van der Waals surface area contributed by atoms with Crippen molar-refractivity contribution in [3.63, 3.8) is 0 Å². The van der Waals surface area contributed by atoms with Gasteiger partial charge in [0.2, 0.25) is 5.89 Å². The van der Waals surface area contributed by atoms with E-state index in [2.05, 4.69) is 20.4 Å². The summed E-state index contributed by atoms with van der Waals surface area (Å²) in [6.07, 6.45) is 2.21. The van der Waals surface area contributed by atoms with Gasteiger partial charge in [-0.25, -0.2) is 4.98 Å². The number of benzene rings is 1. The Balaban J connectivity index is 1.84. The van der Waals surface area contributed by atoms with Gasteiger partial charge in [-0.2, -0.15) is 15.4 Å². The largest absolute Gasteiger partial charge is 0.440 e. The molecule has 3 aromatic rings. The van der Waals surface area contributed by atoms with Crippen molar-refractivity contribution in [2.24, 2.45) is 5.73 Å². The van der Waals surface area contributed by atoms with Gasteiger partial charge >= 0.3 is 0 Å². The van der Waals surface area contributed by atoms with Crippen LogP contribution in [0.3, 0.4) is 0 Å². The van der Waals surface area contributed by atoms with Crippen molar-refractivity contribution in [2.75, 3.05) is 0 Å². The standard InChI is InChI=1S/C15H14ClN5O/c16-10-3-1-2-9(6-10)15-18-13(14(22-15)8-4-5-8)12-11(7-17)19-21-20-12/h1-3,6,8H,4-5,7,17H2,(H,19,20,21). The molecule has 1 fully saturated rings. The van der Waals surface area contributed by atoms with Crippen molar-refractivity contribution < 1.29 is 4.42 Å². The third-order valence-corrected chi connectivity index (χ3v) is 3.95. The van der Waals surface area contributed by atoms with Crippen molar-refractivity contribution in [1.82, 2.24) is 20.4 Å². The maximum atomic E-state index is 6.05. The molecule has 0 aliphatic heterocycles. The second kappa shape index (κ2) is 5.23. The van der Waals surface area contributed by atoms with Crippen LogP contribution in [0.2, 0.25) is 5.02 Å². The zero-order valence-corrected chi connectivity index (χ0v) is 12.5. The zero-order valence-electron chi connectivity index (χ0n) is 11.7. The molecule has 1 aliphatic carbocycles. The molecule has 0 radical (unpaired) electrons. The Morgan fingerprint density at radius 2 is 2.14 bits per heavy atom. The molecule has 7 heteroatoms. The normalized spacial score (nSPS) is 14.5. The first-order valence-electron chi connectivity index (χ1n) is 7.13. The van der Waals surface area contributed by atoms with Crippen LogP contribution in [-0.2, 0) is 6.54 Å². The predicted octanol–water partition coefficient (Wildman–Crippen LogP) is 3.12. The molecule has 6 nitrogen and oxygen atoms in total. The van der Waals surface area contributed by atoms with Gasteiger partial charge in [0.05, 0.1) is 0 Å². The van der Waals surface area contributed by atoms with E-state index in [0.29, 0.717) is 34.8 Å². The van der Waals surface area contributed by atoms with E-state index in [1.807, 2.05) is 24.3 Å². The fourth-order valence-corrected chi connectivity index (χ4v) is 2.64. The SMILES string of the molecule is NCc1n[nH]nc1-c1nc(-c2cccc(Cl)c2)oc1C1CC1. The molecule has 0 unspecified atom stereocenters. The van der Waals surface area contributed by atoms with Crippen LogP contribution in [0, 0.1) is 0 Å². The molecule has 1 saturated carbocycles. The number of nitrogens with zero attached hydrogens (tertiary/aromatic N) is 3. The topological polar surface area (TPSA) is 93.6 Å². The fraction of sp³-hybridized carbons (Fsp3) is 0.267. The molecule has 22 heavy (non-hydrogen) atoms. The maximum Gasteiger partial charge on any atom is 0.226 e. The first kappa shape index (κ1) is 13.5. The minimum Gasteiger partial charge on any atom is -0.440 e. The Bertz CT molecular complexity index is 821. The quantitative estimate of drug-likeness (QED) is 0.771. The van der Waals surface area contributed by atoms with Gasteiger partial charge in [0.1, 0.15) is 22.8 Å². The van der Waals surface area contributed by atoms with E-state index in [-0.39, 0.29) is 0 Å². The molecule has 1 aromatic carbocycles. The van der Waals surface area contributed by atoms with E-state index in [9.17, 15) is 0 Å². The second-order valence-electron chi connectivity index (χ2n) is 5.34. The number of hydrogen-bond acceptors (Lipinski definition) is 5. The highest BCUT2D eigenvalue weighted by Crippen LogP contribution is 2.46. The van der Waals surface area contributed by atoms with Crippen molar-refractivity contribution >= 4 is 11.6 Å². The van der Waals surface area contributed by atoms with Gasteiger partial charge in [0, 0.05) is 23.0 Å². The van der Waals surface area contributed by atoms with Crippen LogP contribution in [0.4, 0.5) is 0 Å². The van der Waals surface area contributed by atoms with Gasteiger partial charge in [0.25, 0.3) is 0 Å². The van der Waals surface area contributed by atoms with E-state index in [4.69, 9.17) is 21.8 Å². The summed E-state index contributed by atoms with van der Waals surface area (Å²) in [4.78, 5) is 4.63. The average Bonchev–Trinajstić information content (AvgIpc) is 3.11.